The van der Waals surface area contributed by atoms with Gasteiger partial charge in [0.15, 0.2) is 0 Å². The van der Waals surface area contributed by atoms with Crippen molar-refractivity contribution in [2.24, 2.45) is 0 Å². The molecule has 2 aliphatic rings. The summed E-state index contributed by atoms with van der Waals surface area (Å²) in [5, 5.41) is 5.43. The smallest absolute Gasteiger partial charge is 0.0540 e. The lowest BCUT2D eigenvalue weighted by atomic mass is 9.87. The molecule has 1 aliphatic heterocycles. The predicted molar refractivity (Wildman–Crippen MR) is 249 cm³/mol. The molecule has 2 atom stereocenters. The molecule has 0 saturated carbocycles. The van der Waals surface area contributed by atoms with Gasteiger partial charge in [-0.05, 0) is 115 Å². The second kappa shape index (κ2) is 14.6. The van der Waals surface area contributed by atoms with Crippen molar-refractivity contribution >= 4 is 50.4 Å². The molecular formula is C56H39NS. The summed E-state index contributed by atoms with van der Waals surface area (Å²) >= 11 is 1.98. The van der Waals surface area contributed by atoms with E-state index in [4.69, 9.17) is 0 Å². The molecule has 1 heterocycles. The highest BCUT2D eigenvalue weighted by Crippen LogP contribution is 2.50. The Balaban J connectivity index is 0.995. The van der Waals surface area contributed by atoms with Crippen LogP contribution in [-0.4, -0.2) is 5.25 Å². The van der Waals surface area contributed by atoms with E-state index in [1.54, 1.807) is 0 Å². The zero-order valence-electron chi connectivity index (χ0n) is 31.9. The molecule has 1 nitrogen and oxygen atoms in total. The Morgan fingerprint density at radius 1 is 0.379 bits per heavy atom. The van der Waals surface area contributed by atoms with Crippen LogP contribution in [0.4, 0.5) is 17.1 Å². The van der Waals surface area contributed by atoms with Gasteiger partial charge in [-0.3, -0.25) is 0 Å². The Labute approximate surface area is 344 Å². The lowest BCUT2D eigenvalue weighted by Crippen LogP contribution is -2.10. The van der Waals surface area contributed by atoms with E-state index in [9.17, 15) is 0 Å². The fourth-order valence-corrected chi connectivity index (χ4v) is 10.3. The largest absolute Gasteiger partial charge is 0.310 e. The summed E-state index contributed by atoms with van der Waals surface area (Å²) in [4.78, 5) is 3.79. The first-order valence-electron chi connectivity index (χ1n) is 20.1. The van der Waals surface area contributed by atoms with Gasteiger partial charge < -0.3 is 4.90 Å². The first kappa shape index (κ1) is 34.4. The van der Waals surface area contributed by atoms with Gasteiger partial charge >= 0.3 is 0 Å². The molecule has 0 N–H and O–H groups in total. The zero-order valence-corrected chi connectivity index (χ0v) is 32.7. The standard InChI is InChI=1S/C56H39NS/c1-2-12-39(13-3-1)49-34-28-43(36-52(49)44-29-35-56-53(37-44)51-20-8-9-23-55(51)58-56)38-24-30-45(31-25-38)57(54-22-11-17-41-15-5-7-19-50(41)54)46-32-26-42(27-33-46)48-21-10-16-40-14-4-6-18-47(40)48/h1-37,51,55H. The van der Waals surface area contributed by atoms with Gasteiger partial charge in [0.05, 0.1) is 5.69 Å². The molecule has 0 fully saturated rings. The maximum absolute atomic E-state index is 2.44. The molecule has 2 heteroatoms. The molecule has 58 heavy (non-hydrogen) atoms. The van der Waals surface area contributed by atoms with Crippen molar-refractivity contribution in [3.05, 3.63) is 230 Å². The molecule has 1 aliphatic carbocycles. The number of rotatable bonds is 7. The van der Waals surface area contributed by atoms with Crippen molar-refractivity contribution in [2.75, 3.05) is 4.90 Å². The lowest BCUT2D eigenvalue weighted by Gasteiger charge is -2.27. The molecule has 2 unspecified atom stereocenters. The van der Waals surface area contributed by atoms with Crippen LogP contribution in [0.3, 0.4) is 0 Å². The number of anilines is 3. The fourth-order valence-electron chi connectivity index (χ4n) is 8.94. The summed E-state index contributed by atoms with van der Waals surface area (Å²) in [6.07, 6.45) is 9.10. The molecule has 0 aromatic heterocycles. The molecule has 0 bridgehead atoms. The van der Waals surface area contributed by atoms with Gasteiger partial charge in [-0.15, -0.1) is 11.8 Å². The van der Waals surface area contributed by atoms with Gasteiger partial charge in [0.1, 0.15) is 0 Å². The van der Waals surface area contributed by atoms with Crippen LogP contribution in [-0.2, 0) is 0 Å². The molecule has 0 saturated heterocycles. The van der Waals surface area contributed by atoms with Crippen LogP contribution in [0.15, 0.2) is 229 Å². The van der Waals surface area contributed by atoms with Crippen molar-refractivity contribution in [1.82, 2.24) is 0 Å². The Hall–Kier alpha value is -6.87. The number of hydrogen-bond acceptors (Lipinski definition) is 2. The third-order valence-corrected chi connectivity index (χ3v) is 13.2. The van der Waals surface area contributed by atoms with E-state index in [2.05, 4.69) is 229 Å². The Morgan fingerprint density at radius 2 is 0.983 bits per heavy atom. The van der Waals surface area contributed by atoms with E-state index in [1.165, 1.54) is 76.5 Å². The van der Waals surface area contributed by atoms with Crippen LogP contribution < -0.4 is 4.90 Å². The maximum atomic E-state index is 2.44. The van der Waals surface area contributed by atoms with E-state index in [0.717, 1.165) is 17.1 Å². The first-order chi connectivity index (χ1) is 28.7. The van der Waals surface area contributed by atoms with Crippen LogP contribution >= 0.6 is 11.8 Å². The third-order valence-electron chi connectivity index (χ3n) is 11.8. The van der Waals surface area contributed by atoms with Crippen LogP contribution in [0.5, 0.6) is 0 Å². The highest BCUT2D eigenvalue weighted by molar-refractivity contribution is 8.00. The highest BCUT2D eigenvalue weighted by Gasteiger charge is 2.31. The van der Waals surface area contributed by atoms with E-state index < -0.39 is 0 Å². The van der Waals surface area contributed by atoms with Crippen LogP contribution in [0.2, 0.25) is 0 Å². The van der Waals surface area contributed by atoms with Crippen molar-refractivity contribution in [1.29, 1.82) is 0 Å². The average molecular weight is 758 g/mol. The molecule has 0 radical (unpaired) electrons. The first-order valence-corrected chi connectivity index (χ1v) is 21.0. The number of thioether (sulfide) groups is 1. The minimum atomic E-state index is 0.417. The molecule has 0 amide bonds. The van der Waals surface area contributed by atoms with E-state index in [0.29, 0.717) is 11.2 Å². The van der Waals surface area contributed by atoms with Crippen molar-refractivity contribution < 1.29 is 0 Å². The second-order valence-corrected chi connectivity index (χ2v) is 16.4. The van der Waals surface area contributed by atoms with E-state index in [-0.39, 0.29) is 0 Å². The second-order valence-electron chi connectivity index (χ2n) is 15.2. The van der Waals surface area contributed by atoms with Gasteiger partial charge in [0, 0.05) is 32.8 Å². The summed E-state index contributed by atoms with van der Waals surface area (Å²) in [6.45, 7) is 0. The molecule has 11 rings (SSSR count). The number of allylic oxidation sites excluding steroid dienone is 3. The molecule has 274 valence electrons. The average Bonchev–Trinajstić information content (AvgIpc) is 3.68. The molecular weight excluding hydrogens is 719 g/mol. The normalized spacial score (nSPS) is 15.4. The van der Waals surface area contributed by atoms with Gasteiger partial charge in [0.2, 0.25) is 0 Å². The van der Waals surface area contributed by atoms with Gasteiger partial charge in [0.25, 0.3) is 0 Å². The van der Waals surface area contributed by atoms with Gasteiger partial charge in [-0.25, -0.2) is 0 Å². The number of fused-ring (bicyclic) bond motifs is 5. The fraction of sp³-hybridized carbons (Fsp3) is 0.0357. The van der Waals surface area contributed by atoms with Gasteiger partial charge in [-0.2, -0.15) is 0 Å². The number of benzene rings is 9. The Bertz CT molecular complexity index is 3020. The predicted octanol–water partition coefficient (Wildman–Crippen LogP) is 15.8. The Morgan fingerprint density at radius 3 is 1.78 bits per heavy atom. The monoisotopic (exact) mass is 757 g/mol. The van der Waals surface area contributed by atoms with Crippen molar-refractivity contribution in [3.8, 4) is 44.5 Å². The highest BCUT2D eigenvalue weighted by atomic mass is 32.2. The number of hydrogen-bond donors (Lipinski definition) is 0. The minimum Gasteiger partial charge on any atom is -0.310 e. The minimum absolute atomic E-state index is 0.417. The van der Waals surface area contributed by atoms with E-state index >= 15 is 0 Å². The van der Waals surface area contributed by atoms with Gasteiger partial charge in [-0.1, -0.05) is 176 Å². The van der Waals surface area contributed by atoms with Crippen molar-refractivity contribution in [2.45, 2.75) is 16.1 Å². The van der Waals surface area contributed by atoms with E-state index in [1.807, 2.05) is 11.8 Å². The van der Waals surface area contributed by atoms with Crippen LogP contribution in [0.1, 0.15) is 11.5 Å². The third kappa shape index (κ3) is 6.14. The summed E-state index contributed by atoms with van der Waals surface area (Å²) in [7, 11) is 0. The molecule has 9 aromatic carbocycles. The Kier molecular flexibility index (Phi) is 8.64. The van der Waals surface area contributed by atoms with Crippen LogP contribution in [0.25, 0.3) is 66.1 Å². The zero-order chi connectivity index (χ0) is 38.4. The van der Waals surface area contributed by atoms with Crippen molar-refractivity contribution in [3.63, 3.8) is 0 Å². The topological polar surface area (TPSA) is 3.24 Å². The summed E-state index contributed by atoms with van der Waals surface area (Å²) in [5.41, 5.74) is 14.6. The summed E-state index contributed by atoms with van der Waals surface area (Å²) in [5.74, 6) is 0.417. The molecule has 9 aromatic rings. The summed E-state index contributed by atoms with van der Waals surface area (Å²) in [6, 6.07) is 73.5. The SMILES string of the molecule is C1=CC2Sc3ccc(-c4cc(-c5ccc(N(c6ccc(-c7cccc8ccccc78)cc6)c6cccc7ccccc67)cc5)ccc4-c4ccccc4)cc3C2C=C1. The quantitative estimate of drug-likeness (QED) is 0.159. The summed E-state index contributed by atoms with van der Waals surface area (Å²) < 4.78 is 0. The molecule has 0 spiro atoms. The maximum Gasteiger partial charge on any atom is 0.0540 e. The lowest BCUT2D eigenvalue weighted by molar-refractivity contribution is 0.881. The van der Waals surface area contributed by atoms with Crippen LogP contribution in [0, 0.1) is 0 Å². The number of nitrogens with zero attached hydrogens (tertiary/aromatic N) is 1.